The summed E-state index contributed by atoms with van der Waals surface area (Å²) in [6, 6.07) is 12.5. The summed E-state index contributed by atoms with van der Waals surface area (Å²) in [5.74, 6) is 2.85. The Balaban J connectivity index is 1.25. The van der Waals surface area contributed by atoms with E-state index in [1.165, 1.54) is 43.5 Å². The summed E-state index contributed by atoms with van der Waals surface area (Å²) >= 11 is 0. The van der Waals surface area contributed by atoms with Crippen LogP contribution in [0.15, 0.2) is 52.1 Å². The number of hydrogen-bond acceptors (Lipinski definition) is 5. The van der Waals surface area contributed by atoms with Crippen LogP contribution in [-0.2, 0) is 19.5 Å². The van der Waals surface area contributed by atoms with E-state index in [2.05, 4.69) is 61.9 Å². The van der Waals surface area contributed by atoms with Crippen LogP contribution < -0.4 is 10.6 Å². The minimum Gasteiger partial charge on any atom is -0.461 e. The van der Waals surface area contributed by atoms with Gasteiger partial charge >= 0.3 is 0 Å². The Hall–Kier alpha value is -3.13. The van der Waals surface area contributed by atoms with E-state index in [1.807, 2.05) is 12.1 Å². The van der Waals surface area contributed by atoms with Gasteiger partial charge in [0.05, 0.1) is 12.8 Å². The molecule has 1 aliphatic rings. The molecule has 170 valence electrons. The van der Waals surface area contributed by atoms with Crippen molar-refractivity contribution in [3.63, 3.8) is 0 Å². The standard InChI is InChI=1S/C24H33N7O/c1-2-25-24(26-13-12-22-28-23(30-29-22)21-7-6-16-32-21)27-17-19-8-10-20(11-9-19)18-31-14-4-3-5-15-31/h6-11,16H,2-5,12-15,17-18H2,1H3,(H2,25,26,27)(H,28,29,30). The number of H-pyrrole nitrogens is 1. The summed E-state index contributed by atoms with van der Waals surface area (Å²) in [6.07, 6.45) is 6.36. The Morgan fingerprint density at radius 1 is 1.09 bits per heavy atom. The molecular weight excluding hydrogens is 402 g/mol. The molecule has 32 heavy (non-hydrogen) atoms. The van der Waals surface area contributed by atoms with E-state index in [4.69, 9.17) is 9.41 Å². The highest BCUT2D eigenvalue weighted by Gasteiger charge is 2.10. The van der Waals surface area contributed by atoms with E-state index in [0.29, 0.717) is 31.1 Å². The van der Waals surface area contributed by atoms with E-state index < -0.39 is 0 Å². The monoisotopic (exact) mass is 435 g/mol. The van der Waals surface area contributed by atoms with Crippen LogP contribution in [0.1, 0.15) is 43.1 Å². The first-order valence-corrected chi connectivity index (χ1v) is 11.6. The number of nitrogens with one attached hydrogen (secondary N) is 3. The number of benzene rings is 1. The van der Waals surface area contributed by atoms with Gasteiger partial charge in [0.1, 0.15) is 5.82 Å². The summed E-state index contributed by atoms with van der Waals surface area (Å²) in [7, 11) is 0. The fraction of sp³-hybridized carbons (Fsp3) is 0.458. The minimum absolute atomic E-state index is 0.578. The first-order chi connectivity index (χ1) is 15.8. The van der Waals surface area contributed by atoms with Crippen LogP contribution in [0.2, 0.25) is 0 Å². The molecule has 1 aromatic carbocycles. The van der Waals surface area contributed by atoms with Gasteiger partial charge in [-0.05, 0) is 56.1 Å². The second-order valence-corrected chi connectivity index (χ2v) is 8.11. The van der Waals surface area contributed by atoms with Gasteiger partial charge in [0.25, 0.3) is 0 Å². The van der Waals surface area contributed by atoms with Crippen molar-refractivity contribution in [3.8, 4) is 11.6 Å². The highest BCUT2D eigenvalue weighted by atomic mass is 16.3. The van der Waals surface area contributed by atoms with Crippen LogP contribution in [0.3, 0.4) is 0 Å². The lowest BCUT2D eigenvalue weighted by Crippen LogP contribution is -2.38. The van der Waals surface area contributed by atoms with Crippen molar-refractivity contribution in [1.82, 2.24) is 30.7 Å². The third-order valence-corrected chi connectivity index (χ3v) is 5.57. The van der Waals surface area contributed by atoms with Crippen LogP contribution in [0.25, 0.3) is 11.6 Å². The molecule has 0 spiro atoms. The van der Waals surface area contributed by atoms with E-state index in [-0.39, 0.29) is 0 Å². The maximum Gasteiger partial charge on any atom is 0.216 e. The van der Waals surface area contributed by atoms with Gasteiger partial charge in [-0.25, -0.2) is 9.98 Å². The van der Waals surface area contributed by atoms with Crippen molar-refractivity contribution in [2.45, 2.75) is 45.7 Å². The Morgan fingerprint density at radius 2 is 1.91 bits per heavy atom. The van der Waals surface area contributed by atoms with Gasteiger partial charge in [-0.1, -0.05) is 30.7 Å². The molecule has 3 N–H and O–H groups in total. The van der Waals surface area contributed by atoms with Crippen molar-refractivity contribution in [3.05, 3.63) is 59.6 Å². The zero-order valence-electron chi connectivity index (χ0n) is 18.8. The maximum absolute atomic E-state index is 5.33. The van der Waals surface area contributed by atoms with Crippen molar-refractivity contribution in [2.24, 2.45) is 4.99 Å². The number of guanidine groups is 1. The summed E-state index contributed by atoms with van der Waals surface area (Å²) in [5.41, 5.74) is 2.59. The van der Waals surface area contributed by atoms with E-state index in [1.54, 1.807) is 6.26 Å². The molecule has 0 unspecified atom stereocenters. The first-order valence-electron chi connectivity index (χ1n) is 11.6. The molecule has 0 bridgehead atoms. The summed E-state index contributed by atoms with van der Waals surface area (Å²) < 4.78 is 5.33. The molecule has 0 atom stereocenters. The average Bonchev–Trinajstić information content (AvgIpc) is 3.51. The molecule has 2 aromatic heterocycles. The molecule has 0 aliphatic carbocycles. The predicted octanol–water partition coefficient (Wildman–Crippen LogP) is 3.35. The highest BCUT2D eigenvalue weighted by Crippen LogP contribution is 2.15. The van der Waals surface area contributed by atoms with Crippen molar-refractivity contribution in [2.75, 3.05) is 26.2 Å². The fourth-order valence-corrected chi connectivity index (χ4v) is 3.86. The number of hydrogen-bond donors (Lipinski definition) is 3. The molecule has 0 saturated carbocycles. The zero-order valence-corrected chi connectivity index (χ0v) is 18.8. The Bertz CT molecular complexity index is 957. The van der Waals surface area contributed by atoms with Crippen molar-refractivity contribution >= 4 is 5.96 Å². The molecule has 1 aliphatic heterocycles. The number of aromatic amines is 1. The molecule has 1 fully saturated rings. The number of rotatable bonds is 9. The topological polar surface area (TPSA) is 94.4 Å². The highest BCUT2D eigenvalue weighted by molar-refractivity contribution is 5.79. The normalized spacial score (nSPS) is 15.1. The number of furan rings is 1. The first kappa shape index (κ1) is 22.1. The lowest BCUT2D eigenvalue weighted by Gasteiger charge is -2.26. The van der Waals surface area contributed by atoms with Gasteiger partial charge in [-0.15, -0.1) is 0 Å². The van der Waals surface area contributed by atoms with Gasteiger partial charge in [-0.2, -0.15) is 5.10 Å². The van der Waals surface area contributed by atoms with Crippen molar-refractivity contribution in [1.29, 1.82) is 0 Å². The largest absolute Gasteiger partial charge is 0.461 e. The molecule has 3 aromatic rings. The minimum atomic E-state index is 0.578. The molecule has 4 rings (SSSR count). The predicted molar refractivity (Wildman–Crippen MR) is 126 cm³/mol. The quantitative estimate of drug-likeness (QED) is 0.352. The number of piperidine rings is 1. The maximum atomic E-state index is 5.33. The van der Waals surface area contributed by atoms with E-state index in [0.717, 1.165) is 24.9 Å². The van der Waals surface area contributed by atoms with Crippen LogP contribution in [0, 0.1) is 0 Å². The Labute approximate surface area is 189 Å². The molecule has 0 radical (unpaired) electrons. The number of nitrogens with zero attached hydrogens (tertiary/aromatic N) is 4. The summed E-state index contributed by atoms with van der Waals surface area (Å²) in [4.78, 5) is 11.8. The second-order valence-electron chi connectivity index (χ2n) is 8.11. The molecule has 8 heteroatoms. The zero-order chi connectivity index (χ0) is 22.0. The lowest BCUT2D eigenvalue weighted by atomic mass is 10.1. The Morgan fingerprint density at radius 3 is 2.66 bits per heavy atom. The number of aliphatic imine (C=N–C) groups is 1. The molecule has 0 amide bonds. The number of likely N-dealkylation sites (tertiary alicyclic amines) is 1. The van der Waals surface area contributed by atoms with Crippen LogP contribution in [0.4, 0.5) is 0 Å². The summed E-state index contributed by atoms with van der Waals surface area (Å²) in [6.45, 7) is 7.73. The molecule has 3 heterocycles. The average molecular weight is 436 g/mol. The summed E-state index contributed by atoms with van der Waals surface area (Å²) in [5, 5.41) is 13.8. The van der Waals surface area contributed by atoms with Gasteiger partial charge in [0.15, 0.2) is 11.7 Å². The SMILES string of the molecule is CCNC(=NCc1ccc(CN2CCCCC2)cc1)NCCc1nc(-c2ccco2)n[nH]1. The van der Waals surface area contributed by atoms with Crippen LogP contribution >= 0.6 is 0 Å². The molecule has 8 nitrogen and oxygen atoms in total. The fourth-order valence-electron chi connectivity index (χ4n) is 3.86. The smallest absolute Gasteiger partial charge is 0.216 e. The lowest BCUT2D eigenvalue weighted by molar-refractivity contribution is 0.221. The Kier molecular flexibility index (Phi) is 7.92. The van der Waals surface area contributed by atoms with Gasteiger partial charge < -0.3 is 15.1 Å². The second kappa shape index (κ2) is 11.5. The van der Waals surface area contributed by atoms with Crippen LogP contribution in [0.5, 0.6) is 0 Å². The van der Waals surface area contributed by atoms with Gasteiger partial charge in [0.2, 0.25) is 5.82 Å². The molecular formula is C24H33N7O. The third-order valence-electron chi connectivity index (χ3n) is 5.57. The molecule has 1 saturated heterocycles. The number of aromatic nitrogens is 3. The third kappa shape index (κ3) is 6.43. The van der Waals surface area contributed by atoms with Gasteiger partial charge in [0, 0.05) is 26.1 Å². The van der Waals surface area contributed by atoms with E-state index in [9.17, 15) is 0 Å². The van der Waals surface area contributed by atoms with E-state index >= 15 is 0 Å². The van der Waals surface area contributed by atoms with Crippen LogP contribution in [-0.4, -0.2) is 52.2 Å². The van der Waals surface area contributed by atoms with Crippen molar-refractivity contribution < 1.29 is 4.42 Å². The van der Waals surface area contributed by atoms with Gasteiger partial charge in [-0.3, -0.25) is 10.00 Å².